The molecular formula is C18H20N6O3S. The topological polar surface area (TPSA) is 116 Å². The van der Waals surface area contributed by atoms with Crippen LogP contribution in [0.5, 0.6) is 0 Å². The zero-order valence-corrected chi connectivity index (χ0v) is 16.1. The number of piperidine rings is 1. The molecule has 0 spiro atoms. The monoisotopic (exact) mass is 400 g/mol. The van der Waals surface area contributed by atoms with Gasteiger partial charge in [0.05, 0.1) is 0 Å². The number of aromatic nitrogens is 2. The zero-order chi connectivity index (χ0) is 19.7. The Morgan fingerprint density at radius 1 is 1.21 bits per heavy atom. The number of urea groups is 2. The van der Waals surface area contributed by atoms with Crippen molar-refractivity contribution in [3.8, 4) is 10.6 Å². The highest BCUT2D eigenvalue weighted by atomic mass is 32.1. The Morgan fingerprint density at radius 2 is 1.93 bits per heavy atom. The van der Waals surface area contributed by atoms with Gasteiger partial charge in [0.2, 0.25) is 5.13 Å². The molecule has 4 rings (SSSR count). The lowest BCUT2D eigenvalue weighted by molar-refractivity contribution is -0.125. The van der Waals surface area contributed by atoms with E-state index in [1.54, 1.807) is 11.8 Å². The first-order chi connectivity index (χ1) is 13.5. The van der Waals surface area contributed by atoms with Crippen LogP contribution in [0.2, 0.25) is 0 Å². The summed E-state index contributed by atoms with van der Waals surface area (Å²) in [6, 6.07) is 8.96. The normalized spacial score (nSPS) is 22.7. The molecule has 2 aromatic rings. The van der Waals surface area contributed by atoms with Crippen molar-refractivity contribution in [2.45, 2.75) is 25.3 Å². The number of carbonyl (C=O) groups excluding carboxylic acids is 3. The molecule has 2 aliphatic heterocycles. The minimum absolute atomic E-state index is 0.0192. The van der Waals surface area contributed by atoms with Crippen LogP contribution in [0.3, 0.4) is 0 Å². The van der Waals surface area contributed by atoms with E-state index in [0.29, 0.717) is 31.1 Å². The van der Waals surface area contributed by atoms with Gasteiger partial charge in [0.25, 0.3) is 5.91 Å². The van der Waals surface area contributed by atoms with E-state index in [0.717, 1.165) is 10.6 Å². The molecule has 1 aromatic heterocycles. The second kappa shape index (κ2) is 7.19. The fourth-order valence-electron chi connectivity index (χ4n) is 3.65. The van der Waals surface area contributed by atoms with Gasteiger partial charge < -0.3 is 10.2 Å². The lowest BCUT2D eigenvalue weighted by Gasteiger charge is -2.38. The molecule has 0 saturated carbocycles. The molecule has 1 aromatic carbocycles. The predicted octanol–water partition coefficient (Wildman–Crippen LogP) is 2.05. The summed E-state index contributed by atoms with van der Waals surface area (Å²) in [6.07, 6.45) is 1.26. The molecule has 1 atom stereocenters. The number of nitrogens with one attached hydrogen (secondary N) is 3. The van der Waals surface area contributed by atoms with E-state index in [2.05, 4.69) is 26.1 Å². The molecule has 0 unspecified atom stereocenters. The molecule has 2 saturated heterocycles. The third-order valence-corrected chi connectivity index (χ3v) is 6.22. The quantitative estimate of drug-likeness (QED) is 0.682. The maximum absolute atomic E-state index is 12.5. The standard InChI is InChI=1S/C18H20N6O3S/c1-18(14(25)19-15(26)21-18)12-7-9-24(10-8-12)17(27)20-16-23-22-13(28-16)11-5-3-2-4-6-11/h2-6,12H,7-10H2,1H3,(H,20,23,27)(H2,19,21,25,26)/t18-/m0/s1. The Labute approximate surface area is 165 Å². The van der Waals surface area contributed by atoms with Gasteiger partial charge in [0.15, 0.2) is 0 Å². The maximum atomic E-state index is 12.5. The summed E-state index contributed by atoms with van der Waals surface area (Å²) in [5.74, 6) is -0.322. The summed E-state index contributed by atoms with van der Waals surface area (Å²) in [5.41, 5.74) is 0.0372. The number of likely N-dealkylation sites (tertiary alicyclic amines) is 1. The Morgan fingerprint density at radius 3 is 2.57 bits per heavy atom. The van der Waals surface area contributed by atoms with Gasteiger partial charge in [-0.25, -0.2) is 9.59 Å². The van der Waals surface area contributed by atoms with Crippen LogP contribution >= 0.6 is 11.3 Å². The maximum Gasteiger partial charge on any atom is 0.323 e. The summed E-state index contributed by atoms with van der Waals surface area (Å²) in [5, 5.41) is 17.2. The summed E-state index contributed by atoms with van der Waals surface area (Å²) in [4.78, 5) is 37.8. The van der Waals surface area contributed by atoms with Crippen molar-refractivity contribution in [2.24, 2.45) is 5.92 Å². The minimum Gasteiger partial charge on any atom is -0.324 e. The summed E-state index contributed by atoms with van der Waals surface area (Å²) < 4.78 is 0. The van der Waals surface area contributed by atoms with Crippen molar-refractivity contribution in [2.75, 3.05) is 18.4 Å². The number of imide groups is 1. The number of amides is 5. The third-order valence-electron chi connectivity index (χ3n) is 5.33. The number of carbonyl (C=O) groups is 3. The Kier molecular flexibility index (Phi) is 4.71. The van der Waals surface area contributed by atoms with E-state index in [9.17, 15) is 14.4 Å². The van der Waals surface area contributed by atoms with E-state index in [1.165, 1.54) is 11.3 Å². The average molecular weight is 400 g/mol. The second-order valence-corrected chi connectivity index (χ2v) is 8.06. The third kappa shape index (κ3) is 3.42. The van der Waals surface area contributed by atoms with Gasteiger partial charge in [-0.15, -0.1) is 10.2 Å². The molecular weight excluding hydrogens is 380 g/mol. The average Bonchev–Trinajstić information content (AvgIpc) is 3.27. The van der Waals surface area contributed by atoms with Crippen molar-refractivity contribution in [3.63, 3.8) is 0 Å². The number of nitrogens with zero attached hydrogens (tertiary/aromatic N) is 3. The molecule has 3 heterocycles. The van der Waals surface area contributed by atoms with Crippen molar-refractivity contribution >= 4 is 34.4 Å². The molecule has 0 radical (unpaired) electrons. The van der Waals surface area contributed by atoms with Crippen LogP contribution in [-0.4, -0.2) is 51.7 Å². The van der Waals surface area contributed by atoms with Gasteiger partial charge in [-0.05, 0) is 25.7 Å². The smallest absolute Gasteiger partial charge is 0.323 e. The van der Waals surface area contributed by atoms with E-state index >= 15 is 0 Å². The molecule has 5 amide bonds. The predicted molar refractivity (Wildman–Crippen MR) is 104 cm³/mol. The molecule has 146 valence electrons. The highest BCUT2D eigenvalue weighted by Crippen LogP contribution is 2.31. The fourth-order valence-corrected chi connectivity index (χ4v) is 4.38. The van der Waals surface area contributed by atoms with Crippen LogP contribution in [-0.2, 0) is 4.79 Å². The van der Waals surface area contributed by atoms with Gasteiger partial charge in [0.1, 0.15) is 10.5 Å². The van der Waals surface area contributed by atoms with Crippen LogP contribution < -0.4 is 16.0 Å². The Balaban J connectivity index is 1.34. The molecule has 2 fully saturated rings. The van der Waals surface area contributed by atoms with Crippen molar-refractivity contribution in [3.05, 3.63) is 30.3 Å². The second-order valence-electron chi connectivity index (χ2n) is 7.08. The zero-order valence-electron chi connectivity index (χ0n) is 15.3. The van der Waals surface area contributed by atoms with Crippen LogP contribution in [0.1, 0.15) is 19.8 Å². The van der Waals surface area contributed by atoms with Crippen molar-refractivity contribution in [1.29, 1.82) is 0 Å². The molecule has 3 N–H and O–H groups in total. The first kappa shape index (κ1) is 18.4. The van der Waals surface area contributed by atoms with Gasteiger partial charge in [0, 0.05) is 18.7 Å². The number of hydrogen-bond donors (Lipinski definition) is 3. The fraction of sp³-hybridized carbons (Fsp3) is 0.389. The van der Waals surface area contributed by atoms with Gasteiger partial charge >= 0.3 is 12.1 Å². The molecule has 0 bridgehead atoms. The summed E-state index contributed by atoms with van der Waals surface area (Å²) in [6.45, 7) is 2.74. The largest absolute Gasteiger partial charge is 0.324 e. The SMILES string of the molecule is C[C@@]1(C2CCN(C(=O)Nc3nnc(-c4ccccc4)s3)CC2)NC(=O)NC1=O. The van der Waals surface area contributed by atoms with Crippen LogP contribution in [0, 0.1) is 5.92 Å². The summed E-state index contributed by atoms with van der Waals surface area (Å²) >= 11 is 1.32. The summed E-state index contributed by atoms with van der Waals surface area (Å²) in [7, 11) is 0. The number of hydrogen-bond acceptors (Lipinski definition) is 6. The van der Waals surface area contributed by atoms with Crippen molar-refractivity contribution < 1.29 is 14.4 Å². The highest BCUT2D eigenvalue weighted by molar-refractivity contribution is 7.18. The lowest BCUT2D eigenvalue weighted by Crippen LogP contribution is -2.54. The molecule has 0 aliphatic carbocycles. The Bertz CT molecular complexity index is 909. The molecule has 10 heteroatoms. The number of rotatable bonds is 3. The van der Waals surface area contributed by atoms with E-state index < -0.39 is 11.6 Å². The van der Waals surface area contributed by atoms with Gasteiger partial charge in [-0.1, -0.05) is 41.7 Å². The van der Waals surface area contributed by atoms with Crippen molar-refractivity contribution in [1.82, 2.24) is 25.7 Å². The highest BCUT2D eigenvalue weighted by Gasteiger charge is 2.48. The Hall–Kier alpha value is -3.01. The van der Waals surface area contributed by atoms with Gasteiger partial charge in [-0.3, -0.25) is 15.4 Å². The first-order valence-electron chi connectivity index (χ1n) is 9.04. The number of anilines is 1. The van der Waals surface area contributed by atoms with E-state index in [4.69, 9.17) is 0 Å². The molecule has 2 aliphatic rings. The van der Waals surface area contributed by atoms with E-state index in [1.807, 2.05) is 30.3 Å². The van der Waals surface area contributed by atoms with Gasteiger partial charge in [-0.2, -0.15) is 0 Å². The molecule has 9 nitrogen and oxygen atoms in total. The lowest BCUT2D eigenvalue weighted by atomic mass is 9.79. The van der Waals surface area contributed by atoms with E-state index in [-0.39, 0.29) is 17.9 Å². The molecule has 28 heavy (non-hydrogen) atoms. The first-order valence-corrected chi connectivity index (χ1v) is 9.86. The van der Waals surface area contributed by atoms with Crippen LogP contribution in [0.15, 0.2) is 30.3 Å². The van der Waals surface area contributed by atoms with Crippen LogP contribution in [0.4, 0.5) is 14.7 Å². The minimum atomic E-state index is -0.913. The number of benzene rings is 1. The van der Waals surface area contributed by atoms with Crippen LogP contribution in [0.25, 0.3) is 10.6 Å².